The molecule has 2 atom stereocenters. The highest BCUT2D eigenvalue weighted by molar-refractivity contribution is 5.00. The summed E-state index contributed by atoms with van der Waals surface area (Å²) < 4.78 is 10.5. The number of aromatic nitrogens is 2. The first-order valence-corrected chi connectivity index (χ1v) is 5.24. The lowest BCUT2D eigenvalue weighted by molar-refractivity contribution is 0.122. The van der Waals surface area contributed by atoms with Crippen molar-refractivity contribution in [3.05, 3.63) is 18.6 Å². The van der Waals surface area contributed by atoms with Crippen LogP contribution in [0.4, 0.5) is 0 Å². The van der Waals surface area contributed by atoms with Crippen molar-refractivity contribution in [2.24, 2.45) is 0 Å². The normalized spacial score (nSPS) is 24.6. The lowest BCUT2D eigenvalue weighted by Gasteiger charge is -2.14. The SMILES string of the molecule is O[C@@H]1COC[C@H]1NCCOc1cnccn1. The topological polar surface area (TPSA) is 76.5 Å². The van der Waals surface area contributed by atoms with Crippen molar-refractivity contribution >= 4 is 0 Å². The number of hydrogen-bond acceptors (Lipinski definition) is 6. The molecule has 1 aromatic rings. The van der Waals surface area contributed by atoms with Gasteiger partial charge in [-0.1, -0.05) is 0 Å². The third-order valence-corrected chi connectivity index (χ3v) is 2.35. The third kappa shape index (κ3) is 3.13. The van der Waals surface area contributed by atoms with E-state index in [-0.39, 0.29) is 6.04 Å². The Labute approximate surface area is 93.6 Å². The second-order valence-corrected chi connectivity index (χ2v) is 3.56. The van der Waals surface area contributed by atoms with Crippen molar-refractivity contribution in [3.63, 3.8) is 0 Å². The summed E-state index contributed by atoms with van der Waals surface area (Å²) in [4.78, 5) is 7.86. The molecule has 0 spiro atoms. The predicted molar refractivity (Wildman–Crippen MR) is 56.1 cm³/mol. The first kappa shape index (κ1) is 11.3. The van der Waals surface area contributed by atoms with Gasteiger partial charge in [-0.05, 0) is 0 Å². The van der Waals surface area contributed by atoms with E-state index in [1.807, 2.05) is 0 Å². The summed E-state index contributed by atoms with van der Waals surface area (Å²) in [6.45, 7) is 2.08. The molecule has 1 aromatic heterocycles. The number of aliphatic hydroxyl groups is 1. The van der Waals surface area contributed by atoms with Crippen molar-refractivity contribution in [1.82, 2.24) is 15.3 Å². The maximum absolute atomic E-state index is 9.45. The van der Waals surface area contributed by atoms with Crippen LogP contribution < -0.4 is 10.1 Å². The second-order valence-electron chi connectivity index (χ2n) is 3.56. The van der Waals surface area contributed by atoms with Crippen molar-refractivity contribution in [2.75, 3.05) is 26.4 Å². The van der Waals surface area contributed by atoms with Crippen LogP contribution >= 0.6 is 0 Å². The summed E-state index contributed by atoms with van der Waals surface area (Å²) in [6.07, 6.45) is 4.32. The molecular weight excluding hydrogens is 210 g/mol. The highest BCUT2D eigenvalue weighted by atomic mass is 16.5. The number of nitrogens with one attached hydrogen (secondary N) is 1. The van der Waals surface area contributed by atoms with Crippen molar-refractivity contribution in [2.45, 2.75) is 12.1 Å². The van der Waals surface area contributed by atoms with Crippen molar-refractivity contribution in [1.29, 1.82) is 0 Å². The number of hydrogen-bond donors (Lipinski definition) is 2. The highest BCUT2D eigenvalue weighted by Gasteiger charge is 2.25. The minimum absolute atomic E-state index is 0.00505. The van der Waals surface area contributed by atoms with Gasteiger partial charge >= 0.3 is 0 Å². The Morgan fingerprint density at radius 3 is 3.12 bits per heavy atom. The van der Waals surface area contributed by atoms with Gasteiger partial charge < -0.3 is 19.9 Å². The molecule has 2 rings (SSSR count). The molecule has 6 heteroatoms. The Kier molecular flexibility index (Phi) is 4.03. The van der Waals surface area contributed by atoms with Crippen LogP contribution in [0.15, 0.2) is 18.6 Å². The van der Waals surface area contributed by atoms with Gasteiger partial charge in [0.2, 0.25) is 5.88 Å². The van der Waals surface area contributed by atoms with Gasteiger partial charge in [0, 0.05) is 18.9 Å². The van der Waals surface area contributed by atoms with E-state index in [0.717, 1.165) is 0 Å². The second kappa shape index (κ2) is 5.74. The standard InChI is InChI=1S/C10H15N3O3/c14-9-7-15-6-8(9)12-3-4-16-10-5-11-1-2-13-10/h1-2,5,8-9,12,14H,3-4,6-7H2/t8-,9-/m1/s1. The zero-order chi connectivity index (χ0) is 11.2. The van der Waals surface area contributed by atoms with E-state index >= 15 is 0 Å². The minimum atomic E-state index is -0.420. The van der Waals surface area contributed by atoms with Gasteiger partial charge in [-0.15, -0.1) is 0 Å². The molecule has 1 aliphatic heterocycles. The summed E-state index contributed by atoms with van der Waals surface area (Å²) in [5, 5.41) is 12.6. The molecule has 0 saturated carbocycles. The molecular formula is C10H15N3O3. The van der Waals surface area contributed by atoms with Gasteiger partial charge in [-0.3, -0.25) is 4.98 Å². The van der Waals surface area contributed by atoms with Crippen molar-refractivity contribution < 1.29 is 14.6 Å². The largest absolute Gasteiger partial charge is 0.475 e. The van der Waals surface area contributed by atoms with E-state index in [0.29, 0.717) is 32.2 Å². The van der Waals surface area contributed by atoms with Gasteiger partial charge in [0.05, 0.1) is 31.6 Å². The Morgan fingerprint density at radius 1 is 1.50 bits per heavy atom. The molecule has 1 saturated heterocycles. The maximum atomic E-state index is 9.45. The monoisotopic (exact) mass is 225 g/mol. The predicted octanol–water partition coefficient (Wildman–Crippen LogP) is -0.795. The molecule has 6 nitrogen and oxygen atoms in total. The molecule has 2 N–H and O–H groups in total. The van der Waals surface area contributed by atoms with E-state index in [2.05, 4.69) is 15.3 Å². The molecule has 0 bridgehead atoms. The number of ether oxygens (including phenoxy) is 2. The summed E-state index contributed by atoms with van der Waals surface area (Å²) in [7, 11) is 0. The van der Waals surface area contributed by atoms with Gasteiger partial charge in [0.1, 0.15) is 6.61 Å². The fraction of sp³-hybridized carbons (Fsp3) is 0.600. The number of nitrogens with zero attached hydrogens (tertiary/aromatic N) is 2. The van der Waals surface area contributed by atoms with E-state index < -0.39 is 6.10 Å². The third-order valence-electron chi connectivity index (χ3n) is 2.35. The lowest BCUT2D eigenvalue weighted by atomic mass is 10.2. The van der Waals surface area contributed by atoms with Crippen molar-refractivity contribution in [3.8, 4) is 5.88 Å². The first-order valence-electron chi connectivity index (χ1n) is 5.24. The lowest BCUT2D eigenvalue weighted by Crippen LogP contribution is -2.40. The average molecular weight is 225 g/mol. The van der Waals surface area contributed by atoms with Gasteiger partial charge in [0.25, 0.3) is 0 Å². The van der Waals surface area contributed by atoms with E-state index in [1.165, 1.54) is 0 Å². The zero-order valence-corrected chi connectivity index (χ0v) is 8.87. The Morgan fingerprint density at radius 2 is 2.44 bits per heavy atom. The fourth-order valence-corrected chi connectivity index (χ4v) is 1.50. The number of aliphatic hydroxyl groups excluding tert-OH is 1. The van der Waals surface area contributed by atoms with Crippen LogP contribution in [-0.2, 0) is 4.74 Å². The average Bonchev–Trinajstić information content (AvgIpc) is 2.72. The molecule has 1 aliphatic rings. The van der Waals surface area contributed by atoms with Crippen LogP contribution in [0.1, 0.15) is 0 Å². The van der Waals surface area contributed by atoms with Crippen LogP contribution in [0.5, 0.6) is 5.88 Å². The molecule has 2 heterocycles. The molecule has 0 aromatic carbocycles. The van der Waals surface area contributed by atoms with Crippen LogP contribution in [-0.4, -0.2) is 53.6 Å². The molecule has 0 radical (unpaired) electrons. The van der Waals surface area contributed by atoms with Crippen LogP contribution in [0.3, 0.4) is 0 Å². The molecule has 0 unspecified atom stereocenters. The Bertz CT molecular complexity index is 309. The summed E-state index contributed by atoms with van der Waals surface area (Å²) in [5.41, 5.74) is 0. The fourth-order valence-electron chi connectivity index (χ4n) is 1.50. The van der Waals surface area contributed by atoms with Gasteiger partial charge in [-0.25, -0.2) is 4.98 Å². The van der Waals surface area contributed by atoms with E-state index in [9.17, 15) is 5.11 Å². The van der Waals surface area contributed by atoms with E-state index in [4.69, 9.17) is 9.47 Å². The number of rotatable bonds is 5. The zero-order valence-electron chi connectivity index (χ0n) is 8.87. The van der Waals surface area contributed by atoms with Crippen LogP contribution in [0.25, 0.3) is 0 Å². The first-order chi connectivity index (χ1) is 7.86. The Balaban J connectivity index is 1.62. The summed E-state index contributed by atoms with van der Waals surface area (Å²) >= 11 is 0. The van der Waals surface area contributed by atoms with Gasteiger partial charge in [-0.2, -0.15) is 0 Å². The summed E-state index contributed by atoms with van der Waals surface area (Å²) in [6, 6.07) is 0.00505. The Hall–Kier alpha value is -1.24. The molecule has 0 aliphatic carbocycles. The molecule has 1 fully saturated rings. The van der Waals surface area contributed by atoms with Gasteiger partial charge in [0.15, 0.2) is 0 Å². The quantitative estimate of drug-likeness (QED) is 0.639. The van der Waals surface area contributed by atoms with Crippen LogP contribution in [0, 0.1) is 0 Å². The highest BCUT2D eigenvalue weighted by Crippen LogP contribution is 2.04. The maximum Gasteiger partial charge on any atom is 0.232 e. The summed E-state index contributed by atoms with van der Waals surface area (Å²) in [5.74, 6) is 0.507. The molecule has 16 heavy (non-hydrogen) atoms. The minimum Gasteiger partial charge on any atom is -0.475 e. The van der Waals surface area contributed by atoms with E-state index in [1.54, 1.807) is 18.6 Å². The molecule has 88 valence electrons. The smallest absolute Gasteiger partial charge is 0.232 e. The van der Waals surface area contributed by atoms with Crippen LogP contribution in [0.2, 0.25) is 0 Å². The molecule has 0 amide bonds.